The predicted molar refractivity (Wildman–Crippen MR) is 47.6 cm³/mol. The first kappa shape index (κ1) is 8.82. The molecule has 3 nitrogen and oxygen atoms in total. The van der Waals surface area contributed by atoms with Crippen molar-refractivity contribution in [2.24, 2.45) is 0 Å². The lowest BCUT2D eigenvalue weighted by Crippen LogP contribution is -2.26. The molecule has 64 valence electrons. The lowest BCUT2D eigenvalue weighted by molar-refractivity contribution is 0.641. The summed E-state index contributed by atoms with van der Waals surface area (Å²) in [6.45, 7) is 2.71. The largest absolute Gasteiger partial charge is 0.367 e. The molecule has 3 heteroatoms. The van der Waals surface area contributed by atoms with Crippen molar-refractivity contribution in [3.8, 4) is 6.07 Å². The van der Waals surface area contributed by atoms with Crippen molar-refractivity contribution in [1.29, 1.82) is 5.26 Å². The van der Waals surface area contributed by atoms with Gasteiger partial charge in [0.15, 0.2) is 0 Å². The number of hydrogen-bond acceptors (Lipinski definition) is 2. The standard InChI is InChI=1S/C9H13N3/c1-8(6-10)12-5-3-9-2-4-11-7-9/h2,4,7-8,11-12H,3,5H2,1H3. The van der Waals surface area contributed by atoms with Gasteiger partial charge in [0.2, 0.25) is 0 Å². The highest BCUT2D eigenvalue weighted by Crippen LogP contribution is 1.96. The van der Waals surface area contributed by atoms with Crippen LogP contribution in [0.4, 0.5) is 0 Å². The quantitative estimate of drug-likeness (QED) is 0.697. The molecule has 1 rings (SSSR count). The number of H-pyrrole nitrogens is 1. The predicted octanol–water partition coefficient (Wildman–Crippen LogP) is 1.06. The van der Waals surface area contributed by atoms with E-state index in [1.54, 1.807) is 0 Å². The van der Waals surface area contributed by atoms with Crippen LogP contribution in [0.1, 0.15) is 12.5 Å². The van der Waals surface area contributed by atoms with Gasteiger partial charge in [-0.3, -0.25) is 0 Å². The SMILES string of the molecule is CC(C#N)NCCc1cc[nH]c1. The van der Waals surface area contributed by atoms with Gasteiger partial charge in [-0.15, -0.1) is 0 Å². The molecule has 0 radical (unpaired) electrons. The second-order valence-electron chi connectivity index (χ2n) is 2.77. The Morgan fingerprint density at radius 2 is 2.58 bits per heavy atom. The van der Waals surface area contributed by atoms with E-state index in [-0.39, 0.29) is 6.04 Å². The zero-order valence-corrected chi connectivity index (χ0v) is 7.17. The number of aromatic amines is 1. The lowest BCUT2D eigenvalue weighted by Gasteiger charge is -2.03. The molecule has 0 spiro atoms. The lowest BCUT2D eigenvalue weighted by atomic mass is 10.2. The maximum Gasteiger partial charge on any atom is 0.0924 e. The topological polar surface area (TPSA) is 51.6 Å². The van der Waals surface area contributed by atoms with Gasteiger partial charge in [0.1, 0.15) is 0 Å². The van der Waals surface area contributed by atoms with Gasteiger partial charge in [0.05, 0.1) is 12.1 Å². The molecule has 1 atom stereocenters. The van der Waals surface area contributed by atoms with Gasteiger partial charge >= 0.3 is 0 Å². The third-order valence-electron chi connectivity index (χ3n) is 1.72. The molecule has 0 amide bonds. The third kappa shape index (κ3) is 2.77. The molecular weight excluding hydrogens is 150 g/mol. The number of rotatable bonds is 4. The molecule has 0 aromatic carbocycles. The molecule has 0 saturated carbocycles. The van der Waals surface area contributed by atoms with E-state index in [0.29, 0.717) is 0 Å². The number of nitriles is 1. The van der Waals surface area contributed by atoms with Crippen molar-refractivity contribution >= 4 is 0 Å². The van der Waals surface area contributed by atoms with E-state index in [4.69, 9.17) is 5.26 Å². The summed E-state index contributed by atoms with van der Waals surface area (Å²) in [5.74, 6) is 0. The van der Waals surface area contributed by atoms with E-state index >= 15 is 0 Å². The fraction of sp³-hybridized carbons (Fsp3) is 0.444. The second kappa shape index (κ2) is 4.58. The Morgan fingerprint density at radius 3 is 3.17 bits per heavy atom. The zero-order chi connectivity index (χ0) is 8.81. The Bertz CT molecular complexity index is 245. The Balaban J connectivity index is 2.16. The number of hydrogen-bond donors (Lipinski definition) is 2. The Kier molecular flexibility index (Phi) is 3.36. The van der Waals surface area contributed by atoms with E-state index in [1.165, 1.54) is 5.56 Å². The van der Waals surface area contributed by atoms with Crippen molar-refractivity contribution in [1.82, 2.24) is 10.3 Å². The first-order valence-electron chi connectivity index (χ1n) is 4.07. The number of aromatic nitrogens is 1. The highest BCUT2D eigenvalue weighted by Gasteiger charge is 1.97. The highest BCUT2D eigenvalue weighted by molar-refractivity contribution is 5.08. The summed E-state index contributed by atoms with van der Waals surface area (Å²) in [7, 11) is 0. The summed E-state index contributed by atoms with van der Waals surface area (Å²) in [6, 6.07) is 4.11. The van der Waals surface area contributed by atoms with Crippen molar-refractivity contribution in [3.63, 3.8) is 0 Å². The zero-order valence-electron chi connectivity index (χ0n) is 7.17. The molecule has 1 unspecified atom stereocenters. The minimum atomic E-state index is -0.0519. The summed E-state index contributed by atoms with van der Waals surface area (Å²) in [5, 5.41) is 11.6. The number of nitrogens with one attached hydrogen (secondary N) is 2. The molecule has 1 aromatic heterocycles. The third-order valence-corrected chi connectivity index (χ3v) is 1.72. The molecule has 0 aliphatic carbocycles. The summed E-state index contributed by atoms with van der Waals surface area (Å²) in [5.41, 5.74) is 1.27. The normalized spacial score (nSPS) is 12.3. The first-order chi connectivity index (χ1) is 5.83. The number of nitrogens with zero attached hydrogens (tertiary/aromatic N) is 1. The summed E-state index contributed by atoms with van der Waals surface area (Å²) < 4.78 is 0. The summed E-state index contributed by atoms with van der Waals surface area (Å²) >= 11 is 0. The molecule has 2 N–H and O–H groups in total. The van der Waals surface area contributed by atoms with Crippen LogP contribution in [-0.4, -0.2) is 17.6 Å². The van der Waals surface area contributed by atoms with E-state index in [1.807, 2.05) is 25.4 Å². The molecular formula is C9H13N3. The Labute approximate surface area is 72.4 Å². The minimum absolute atomic E-state index is 0.0519. The van der Waals surface area contributed by atoms with Crippen LogP contribution in [0.5, 0.6) is 0 Å². The van der Waals surface area contributed by atoms with Gasteiger partial charge in [0, 0.05) is 18.9 Å². The fourth-order valence-electron chi connectivity index (χ4n) is 0.993. The molecule has 1 heterocycles. The Morgan fingerprint density at radius 1 is 1.75 bits per heavy atom. The Hall–Kier alpha value is -1.27. The molecule has 1 aromatic rings. The van der Waals surface area contributed by atoms with Crippen molar-refractivity contribution in [3.05, 3.63) is 24.0 Å². The van der Waals surface area contributed by atoms with E-state index < -0.39 is 0 Å². The van der Waals surface area contributed by atoms with Crippen molar-refractivity contribution in [2.75, 3.05) is 6.54 Å². The van der Waals surface area contributed by atoms with Crippen LogP contribution >= 0.6 is 0 Å². The van der Waals surface area contributed by atoms with Crippen LogP contribution in [0.3, 0.4) is 0 Å². The van der Waals surface area contributed by atoms with Gasteiger partial charge < -0.3 is 10.3 Å². The van der Waals surface area contributed by atoms with Gasteiger partial charge in [0.25, 0.3) is 0 Å². The molecule has 0 fully saturated rings. The van der Waals surface area contributed by atoms with E-state index in [2.05, 4.69) is 16.4 Å². The minimum Gasteiger partial charge on any atom is -0.367 e. The summed E-state index contributed by atoms with van der Waals surface area (Å²) in [6.07, 6.45) is 4.84. The maximum absolute atomic E-state index is 8.47. The second-order valence-corrected chi connectivity index (χ2v) is 2.77. The average Bonchev–Trinajstić information content (AvgIpc) is 2.57. The molecule has 0 saturated heterocycles. The van der Waals surface area contributed by atoms with Crippen LogP contribution in [0.2, 0.25) is 0 Å². The average molecular weight is 163 g/mol. The van der Waals surface area contributed by atoms with Gasteiger partial charge in [-0.25, -0.2) is 0 Å². The van der Waals surface area contributed by atoms with Crippen LogP contribution in [0, 0.1) is 11.3 Å². The van der Waals surface area contributed by atoms with Gasteiger partial charge in [-0.2, -0.15) is 5.26 Å². The smallest absolute Gasteiger partial charge is 0.0924 e. The molecule has 0 aliphatic rings. The maximum atomic E-state index is 8.47. The van der Waals surface area contributed by atoms with Crippen LogP contribution in [-0.2, 0) is 6.42 Å². The first-order valence-corrected chi connectivity index (χ1v) is 4.07. The van der Waals surface area contributed by atoms with Gasteiger partial charge in [-0.05, 0) is 25.0 Å². The van der Waals surface area contributed by atoms with Crippen LogP contribution in [0.25, 0.3) is 0 Å². The highest BCUT2D eigenvalue weighted by atomic mass is 14.9. The summed E-state index contributed by atoms with van der Waals surface area (Å²) in [4.78, 5) is 2.99. The molecule has 12 heavy (non-hydrogen) atoms. The van der Waals surface area contributed by atoms with Gasteiger partial charge in [-0.1, -0.05) is 0 Å². The fourth-order valence-corrected chi connectivity index (χ4v) is 0.993. The monoisotopic (exact) mass is 163 g/mol. The van der Waals surface area contributed by atoms with E-state index in [9.17, 15) is 0 Å². The molecule has 0 aliphatic heterocycles. The van der Waals surface area contributed by atoms with Crippen LogP contribution < -0.4 is 5.32 Å². The molecule has 0 bridgehead atoms. The van der Waals surface area contributed by atoms with E-state index in [0.717, 1.165) is 13.0 Å². The van der Waals surface area contributed by atoms with Crippen molar-refractivity contribution < 1.29 is 0 Å². The van der Waals surface area contributed by atoms with Crippen LogP contribution in [0.15, 0.2) is 18.5 Å². The van der Waals surface area contributed by atoms with Crippen molar-refractivity contribution in [2.45, 2.75) is 19.4 Å².